The van der Waals surface area contributed by atoms with Crippen molar-refractivity contribution in [2.45, 2.75) is 26.4 Å². The highest BCUT2D eigenvalue weighted by molar-refractivity contribution is 5.87. The van der Waals surface area contributed by atoms with Crippen LogP contribution < -0.4 is 4.90 Å². The molecule has 0 aliphatic heterocycles. The zero-order valence-electron chi connectivity index (χ0n) is 12.7. The number of nitrogens with zero attached hydrogens (tertiary/aromatic N) is 4. The lowest BCUT2D eigenvalue weighted by molar-refractivity contribution is 0.00629. The molecular weight excluding hydrogens is 272 g/mol. The quantitative estimate of drug-likeness (QED) is 0.801. The van der Waals surface area contributed by atoms with Crippen molar-refractivity contribution < 1.29 is 14.1 Å². The van der Waals surface area contributed by atoms with Gasteiger partial charge in [0.1, 0.15) is 11.3 Å². The second-order valence-corrected chi connectivity index (χ2v) is 5.73. The molecule has 2 rings (SSSR count). The lowest BCUT2D eigenvalue weighted by Crippen LogP contribution is -2.24. The van der Waals surface area contributed by atoms with Crippen LogP contribution in [0.2, 0.25) is 0 Å². The van der Waals surface area contributed by atoms with Gasteiger partial charge >= 0.3 is 5.97 Å². The van der Waals surface area contributed by atoms with Crippen LogP contribution in [0.4, 0.5) is 5.95 Å². The fraction of sp³-hybridized carbons (Fsp3) is 0.429. The molecule has 21 heavy (non-hydrogen) atoms. The summed E-state index contributed by atoms with van der Waals surface area (Å²) in [5.41, 5.74) is 0.328. The van der Waals surface area contributed by atoms with Gasteiger partial charge < -0.3 is 14.2 Å². The third-order valence-electron chi connectivity index (χ3n) is 2.43. The Balaban J connectivity index is 2.16. The van der Waals surface area contributed by atoms with Crippen molar-refractivity contribution in [2.24, 2.45) is 0 Å². The zero-order valence-corrected chi connectivity index (χ0v) is 12.7. The Morgan fingerprint density at radius 3 is 2.48 bits per heavy atom. The van der Waals surface area contributed by atoms with Crippen LogP contribution in [0.1, 0.15) is 31.3 Å². The largest absolute Gasteiger partial charge is 0.455 e. The first kappa shape index (κ1) is 15.0. The van der Waals surface area contributed by atoms with Crippen molar-refractivity contribution in [3.8, 4) is 11.5 Å². The minimum absolute atomic E-state index is 0.237. The summed E-state index contributed by atoms with van der Waals surface area (Å²) in [6, 6.07) is 3.27. The lowest BCUT2D eigenvalue weighted by atomic mass is 10.2. The highest BCUT2D eigenvalue weighted by Gasteiger charge is 2.19. The van der Waals surface area contributed by atoms with E-state index in [1.807, 2.05) is 14.1 Å². The van der Waals surface area contributed by atoms with Gasteiger partial charge in [0.15, 0.2) is 0 Å². The molecule has 0 amide bonds. The summed E-state index contributed by atoms with van der Waals surface area (Å²) in [7, 11) is 3.64. The number of anilines is 1. The summed E-state index contributed by atoms with van der Waals surface area (Å²) in [4.78, 5) is 21.9. The molecule has 2 heterocycles. The molecular formula is C14H18N4O3. The van der Waals surface area contributed by atoms with E-state index in [4.69, 9.17) is 9.26 Å². The van der Waals surface area contributed by atoms with E-state index < -0.39 is 11.6 Å². The molecule has 0 fully saturated rings. The molecule has 0 N–H and O–H groups in total. The highest BCUT2D eigenvalue weighted by Crippen LogP contribution is 2.19. The summed E-state index contributed by atoms with van der Waals surface area (Å²) >= 11 is 0. The molecule has 0 saturated heterocycles. The van der Waals surface area contributed by atoms with E-state index in [2.05, 4.69) is 15.1 Å². The minimum Gasteiger partial charge on any atom is -0.455 e. The Kier molecular flexibility index (Phi) is 3.93. The first-order valence-electron chi connectivity index (χ1n) is 6.47. The van der Waals surface area contributed by atoms with Gasteiger partial charge in [0.25, 0.3) is 11.8 Å². The van der Waals surface area contributed by atoms with Crippen LogP contribution in [0.3, 0.4) is 0 Å². The van der Waals surface area contributed by atoms with Crippen LogP contribution in [0.15, 0.2) is 22.9 Å². The summed E-state index contributed by atoms with van der Waals surface area (Å²) < 4.78 is 10.4. The molecule has 0 bridgehead atoms. The van der Waals surface area contributed by atoms with E-state index in [1.165, 1.54) is 6.20 Å². The normalized spacial score (nSPS) is 11.3. The predicted molar refractivity (Wildman–Crippen MR) is 77.0 cm³/mol. The van der Waals surface area contributed by atoms with Crippen molar-refractivity contribution >= 4 is 11.9 Å². The lowest BCUT2D eigenvalue weighted by Gasteiger charge is -2.18. The SMILES string of the molecule is CN(C)c1noc(-c2ccc(C(=O)OC(C)(C)C)nc2)n1. The molecule has 0 atom stereocenters. The van der Waals surface area contributed by atoms with Gasteiger partial charge in [-0.15, -0.1) is 0 Å². The Morgan fingerprint density at radius 2 is 2.00 bits per heavy atom. The summed E-state index contributed by atoms with van der Waals surface area (Å²) in [5, 5.41) is 3.82. The first-order chi connectivity index (χ1) is 9.76. The standard InChI is InChI=1S/C14H18N4O3/c1-14(2,3)20-12(19)10-7-6-9(8-15-10)11-16-13(17-21-11)18(4)5/h6-8H,1-5H3. The van der Waals surface area contributed by atoms with Crippen LogP contribution in [-0.2, 0) is 4.74 Å². The van der Waals surface area contributed by atoms with E-state index in [1.54, 1.807) is 37.8 Å². The van der Waals surface area contributed by atoms with Crippen LogP contribution in [0.25, 0.3) is 11.5 Å². The molecule has 0 spiro atoms. The number of carbonyl (C=O) groups is 1. The molecule has 0 aliphatic rings. The van der Waals surface area contributed by atoms with E-state index in [9.17, 15) is 4.79 Å². The molecule has 0 unspecified atom stereocenters. The maximum absolute atomic E-state index is 11.9. The molecule has 7 nitrogen and oxygen atoms in total. The third-order valence-corrected chi connectivity index (χ3v) is 2.43. The fourth-order valence-electron chi connectivity index (χ4n) is 1.49. The number of hydrogen-bond donors (Lipinski definition) is 0. The van der Waals surface area contributed by atoms with Crippen molar-refractivity contribution in [1.82, 2.24) is 15.1 Å². The zero-order chi connectivity index (χ0) is 15.6. The van der Waals surface area contributed by atoms with Gasteiger partial charge in [0, 0.05) is 20.3 Å². The van der Waals surface area contributed by atoms with Gasteiger partial charge in [0.05, 0.1) is 5.56 Å². The van der Waals surface area contributed by atoms with Crippen molar-refractivity contribution in [3.63, 3.8) is 0 Å². The average molecular weight is 290 g/mol. The molecule has 0 aromatic carbocycles. The van der Waals surface area contributed by atoms with Crippen LogP contribution >= 0.6 is 0 Å². The van der Waals surface area contributed by atoms with E-state index in [0.29, 0.717) is 17.4 Å². The Hall–Kier alpha value is -2.44. The highest BCUT2D eigenvalue weighted by atomic mass is 16.6. The third kappa shape index (κ3) is 3.77. The number of carbonyl (C=O) groups excluding carboxylic acids is 1. The molecule has 2 aromatic rings. The first-order valence-corrected chi connectivity index (χ1v) is 6.47. The number of pyridine rings is 1. The second-order valence-electron chi connectivity index (χ2n) is 5.73. The van der Waals surface area contributed by atoms with Gasteiger partial charge in [-0.2, -0.15) is 4.98 Å². The second kappa shape index (κ2) is 5.51. The van der Waals surface area contributed by atoms with Crippen LogP contribution in [0, 0.1) is 0 Å². The van der Waals surface area contributed by atoms with E-state index in [0.717, 1.165) is 0 Å². The minimum atomic E-state index is -0.551. The van der Waals surface area contributed by atoms with Crippen molar-refractivity contribution in [3.05, 3.63) is 24.0 Å². The van der Waals surface area contributed by atoms with Gasteiger partial charge in [-0.25, -0.2) is 9.78 Å². The monoisotopic (exact) mass is 290 g/mol. The molecule has 112 valence electrons. The Labute approximate surface area is 122 Å². The van der Waals surface area contributed by atoms with E-state index in [-0.39, 0.29) is 5.69 Å². The Morgan fingerprint density at radius 1 is 1.29 bits per heavy atom. The topological polar surface area (TPSA) is 81.4 Å². The van der Waals surface area contributed by atoms with Crippen LogP contribution in [0.5, 0.6) is 0 Å². The van der Waals surface area contributed by atoms with Gasteiger partial charge in [-0.1, -0.05) is 0 Å². The van der Waals surface area contributed by atoms with E-state index >= 15 is 0 Å². The molecule has 0 radical (unpaired) electrons. The number of ether oxygens (including phenoxy) is 1. The number of hydrogen-bond acceptors (Lipinski definition) is 7. The summed E-state index contributed by atoms with van der Waals surface area (Å²) in [6.45, 7) is 5.42. The number of rotatable bonds is 3. The molecule has 0 saturated carbocycles. The maximum Gasteiger partial charge on any atom is 0.357 e. The van der Waals surface area contributed by atoms with Gasteiger partial charge in [-0.3, -0.25) is 0 Å². The summed E-state index contributed by atoms with van der Waals surface area (Å²) in [6.07, 6.45) is 1.51. The molecule has 7 heteroatoms. The van der Waals surface area contributed by atoms with Crippen molar-refractivity contribution in [2.75, 3.05) is 19.0 Å². The van der Waals surface area contributed by atoms with Crippen molar-refractivity contribution in [1.29, 1.82) is 0 Å². The van der Waals surface area contributed by atoms with Gasteiger partial charge in [0.2, 0.25) is 0 Å². The van der Waals surface area contributed by atoms with Crippen LogP contribution in [-0.4, -0.2) is 40.8 Å². The molecule has 2 aromatic heterocycles. The number of esters is 1. The Bertz CT molecular complexity index is 626. The van der Waals surface area contributed by atoms with Gasteiger partial charge in [-0.05, 0) is 38.1 Å². The summed E-state index contributed by atoms with van der Waals surface area (Å²) in [5.74, 6) is 0.358. The maximum atomic E-state index is 11.9. The smallest absolute Gasteiger partial charge is 0.357 e. The fourth-order valence-corrected chi connectivity index (χ4v) is 1.49. The molecule has 0 aliphatic carbocycles. The predicted octanol–water partition coefficient (Wildman–Crippen LogP) is 2.15. The average Bonchev–Trinajstić information content (AvgIpc) is 2.86. The number of aromatic nitrogens is 3.